The average molecular weight is 924 g/mol. The van der Waals surface area contributed by atoms with E-state index >= 15 is 0 Å². The maximum atomic E-state index is 11.6. The van der Waals surface area contributed by atoms with E-state index in [4.69, 9.17) is 40.5 Å². The standard InChI is InChI=1S/C45H57N13O9/c1-43(2)23-31(38(30-47)56(59)60)34(29-46)35(26-43)52-11-17-65-20-14-55(15-21-66-18-12-53-36-27-44(3,4)24-32(39(36)48-7)41(50-9)57(61)62)16-22-67-19-13-54-37-28-45(5,6)25-33(40(37)49-8)42(51-10)58(63)64/h52-54H,11-28H2,1-6H3/b38-31+,41-32+,42-33+. The van der Waals surface area contributed by atoms with Crippen LogP contribution in [0, 0.1) is 95.5 Å². The average Bonchev–Trinajstić information content (AvgIpc) is 3.23. The smallest absolute Gasteiger partial charge is 0.395 e. The van der Waals surface area contributed by atoms with E-state index in [0.29, 0.717) is 95.4 Å². The Balaban J connectivity index is 1.63. The van der Waals surface area contributed by atoms with E-state index < -0.39 is 48.4 Å². The normalized spacial score (nSPS) is 19.7. The van der Waals surface area contributed by atoms with Gasteiger partial charge in [-0.1, -0.05) is 41.5 Å². The molecule has 0 aromatic carbocycles. The van der Waals surface area contributed by atoms with Crippen molar-refractivity contribution in [3.63, 3.8) is 0 Å². The molecular weight excluding hydrogens is 867 g/mol. The Kier molecular flexibility index (Phi) is 20.1. The Morgan fingerprint density at radius 2 is 0.955 bits per heavy atom. The second kappa shape index (κ2) is 24.9. The molecule has 3 aliphatic carbocycles. The van der Waals surface area contributed by atoms with E-state index in [9.17, 15) is 40.9 Å². The van der Waals surface area contributed by atoms with Gasteiger partial charge in [-0.3, -0.25) is 35.2 Å². The van der Waals surface area contributed by atoms with Crippen molar-refractivity contribution >= 4 is 0 Å². The van der Waals surface area contributed by atoms with Crippen LogP contribution in [0.4, 0.5) is 0 Å². The largest absolute Gasteiger partial charge is 0.468 e. The molecule has 0 aromatic heterocycles. The summed E-state index contributed by atoms with van der Waals surface area (Å²) < 4.78 is 17.8. The lowest BCUT2D eigenvalue weighted by atomic mass is 9.73. The second-order valence-corrected chi connectivity index (χ2v) is 18.4. The molecular formula is C45H57N13O9. The predicted octanol–water partition coefficient (Wildman–Crippen LogP) is 6.48. The summed E-state index contributed by atoms with van der Waals surface area (Å²) in [6.07, 6.45) is 2.04. The quantitative estimate of drug-likeness (QED) is 0.0308. The lowest BCUT2D eigenvalue weighted by Gasteiger charge is -2.33. The molecule has 356 valence electrons. The molecule has 67 heavy (non-hydrogen) atoms. The molecule has 3 rings (SSSR count). The van der Waals surface area contributed by atoms with E-state index in [1.165, 1.54) is 0 Å². The summed E-state index contributed by atoms with van der Waals surface area (Å²) in [6, 6.07) is 3.68. The van der Waals surface area contributed by atoms with Crippen LogP contribution in [0.1, 0.15) is 80.1 Å². The highest BCUT2D eigenvalue weighted by Gasteiger charge is 2.39. The molecule has 22 heteroatoms. The highest BCUT2D eigenvalue weighted by Crippen LogP contribution is 2.45. The third-order valence-corrected chi connectivity index (χ3v) is 11.1. The van der Waals surface area contributed by atoms with Crippen molar-refractivity contribution < 1.29 is 29.0 Å². The summed E-state index contributed by atoms with van der Waals surface area (Å²) >= 11 is 0. The van der Waals surface area contributed by atoms with Crippen molar-refractivity contribution in [2.24, 2.45) is 16.2 Å². The molecule has 0 heterocycles. The topological polar surface area (TPSA) is 261 Å². The fourth-order valence-electron chi connectivity index (χ4n) is 8.24. The minimum absolute atomic E-state index is 0.0877. The van der Waals surface area contributed by atoms with E-state index in [0.717, 1.165) is 0 Å². The molecule has 0 fully saturated rings. The Hall–Kier alpha value is -7.18. The molecule has 0 aromatic rings. The first-order valence-electron chi connectivity index (χ1n) is 21.5. The summed E-state index contributed by atoms with van der Waals surface area (Å²) in [5, 5.41) is 63.7. The molecule has 0 radical (unpaired) electrons. The molecule has 0 atom stereocenters. The number of nitrogens with one attached hydrogen (secondary N) is 3. The Bertz CT molecular complexity index is 2120. The van der Waals surface area contributed by atoms with Crippen molar-refractivity contribution in [3.05, 3.63) is 144 Å². The monoisotopic (exact) mass is 923 g/mol. The molecule has 0 bridgehead atoms. The molecule has 0 saturated carbocycles. The zero-order valence-corrected chi connectivity index (χ0v) is 38.9. The van der Waals surface area contributed by atoms with Gasteiger partial charge in [-0.05, 0) is 54.8 Å². The molecule has 3 aliphatic rings. The summed E-state index contributed by atoms with van der Waals surface area (Å²) in [4.78, 5) is 47.9. The number of nitrogens with zero attached hydrogens (tertiary/aromatic N) is 10. The van der Waals surface area contributed by atoms with Crippen LogP contribution >= 0.6 is 0 Å². The van der Waals surface area contributed by atoms with Crippen molar-refractivity contribution in [2.45, 2.75) is 80.1 Å². The Labute approximate surface area is 391 Å². The number of hydrogen-bond acceptors (Lipinski definition) is 15. The summed E-state index contributed by atoms with van der Waals surface area (Å²) in [5.74, 6) is -1.30. The number of hydrogen-bond donors (Lipinski definition) is 3. The van der Waals surface area contributed by atoms with Gasteiger partial charge in [0.25, 0.3) is 0 Å². The molecule has 0 amide bonds. The van der Waals surface area contributed by atoms with Gasteiger partial charge in [0.1, 0.15) is 19.2 Å². The molecule has 0 spiro atoms. The van der Waals surface area contributed by atoms with Gasteiger partial charge in [0.15, 0.2) is 6.07 Å². The van der Waals surface area contributed by atoms with E-state index in [2.05, 4.69) is 40.2 Å². The number of nitro groups is 3. The van der Waals surface area contributed by atoms with Gasteiger partial charge >= 0.3 is 17.3 Å². The Morgan fingerprint density at radius 1 is 0.597 bits per heavy atom. The fraction of sp³-hybridized carbons (Fsp3) is 0.600. The van der Waals surface area contributed by atoms with E-state index in [1.807, 2.05) is 47.6 Å². The molecule has 3 N–H and O–H groups in total. The van der Waals surface area contributed by atoms with Crippen LogP contribution in [0.25, 0.3) is 19.4 Å². The van der Waals surface area contributed by atoms with Gasteiger partial charge in [-0.25, -0.2) is 9.69 Å². The van der Waals surface area contributed by atoms with Crippen LogP contribution < -0.4 is 16.0 Å². The van der Waals surface area contributed by atoms with Crippen LogP contribution in [0.2, 0.25) is 0 Å². The van der Waals surface area contributed by atoms with Crippen LogP contribution in [-0.4, -0.2) is 98.6 Å². The number of rotatable bonds is 24. The van der Waals surface area contributed by atoms with E-state index in [1.54, 1.807) is 6.07 Å². The van der Waals surface area contributed by atoms with Crippen molar-refractivity contribution in [2.75, 3.05) is 78.9 Å². The van der Waals surface area contributed by atoms with Gasteiger partial charge in [0.05, 0.1) is 78.7 Å². The highest BCUT2D eigenvalue weighted by molar-refractivity contribution is 5.52. The third-order valence-electron chi connectivity index (χ3n) is 11.1. The van der Waals surface area contributed by atoms with Crippen LogP contribution in [0.15, 0.2) is 68.1 Å². The maximum Gasteiger partial charge on any atom is 0.468 e. The zero-order chi connectivity index (χ0) is 50.0. The first-order valence-corrected chi connectivity index (χ1v) is 21.5. The molecule has 0 aliphatic heterocycles. The first-order chi connectivity index (χ1) is 31.7. The predicted molar refractivity (Wildman–Crippen MR) is 243 cm³/mol. The van der Waals surface area contributed by atoms with Crippen molar-refractivity contribution in [1.82, 2.24) is 20.9 Å². The Morgan fingerprint density at radius 3 is 1.27 bits per heavy atom. The van der Waals surface area contributed by atoms with Crippen molar-refractivity contribution in [1.29, 1.82) is 10.5 Å². The minimum Gasteiger partial charge on any atom is -0.395 e. The number of allylic oxidation sites excluding steroid dienone is 8. The number of ether oxygens (including phenoxy) is 3. The summed E-state index contributed by atoms with van der Waals surface area (Å²) in [7, 11) is 0. The van der Waals surface area contributed by atoms with E-state index in [-0.39, 0.29) is 72.8 Å². The highest BCUT2D eigenvalue weighted by atomic mass is 16.6. The lowest BCUT2D eigenvalue weighted by Crippen LogP contribution is -2.36. The molecule has 0 unspecified atom stereocenters. The number of nitriles is 2. The first kappa shape index (κ1) is 54.2. The zero-order valence-electron chi connectivity index (χ0n) is 38.9. The minimum atomic E-state index is -0.762. The third kappa shape index (κ3) is 15.7. The fourth-order valence-corrected chi connectivity index (χ4v) is 8.24. The van der Waals surface area contributed by atoms with Gasteiger partial charge in [-0.2, -0.15) is 20.2 Å². The van der Waals surface area contributed by atoms with Crippen LogP contribution in [-0.2, 0) is 14.2 Å². The van der Waals surface area contributed by atoms with Crippen LogP contribution in [0.5, 0.6) is 0 Å². The van der Waals surface area contributed by atoms with Crippen molar-refractivity contribution in [3.8, 4) is 12.1 Å². The van der Waals surface area contributed by atoms with Gasteiger partial charge < -0.3 is 30.2 Å². The van der Waals surface area contributed by atoms with Crippen LogP contribution in [0.3, 0.4) is 0 Å². The summed E-state index contributed by atoms with van der Waals surface area (Å²) in [6.45, 7) is 45.6. The van der Waals surface area contributed by atoms with Gasteiger partial charge in [-0.15, -0.1) is 0 Å². The summed E-state index contributed by atoms with van der Waals surface area (Å²) in [5.41, 5.74) is 0.254. The SMILES string of the molecule is [C-]#[N+]C1=C(NCCOCCN(CCOCCNC2=C(C#N)/C(=C(\C#N)[N+](=O)[O-])CC(C)(C)C2)CCOCCNC2=C([N+]#[C-])/C(=C(\[N+]#[C-])[N+](=O)[O-])CC(C)(C)C2)CC(C)(C)C/C1=C(/[N+]#[C-])[N+](=O)[O-]. The van der Waals surface area contributed by atoms with Gasteiger partial charge in [0, 0.05) is 67.5 Å². The van der Waals surface area contributed by atoms with Gasteiger partial charge in [0.2, 0.25) is 11.4 Å². The lowest BCUT2D eigenvalue weighted by molar-refractivity contribution is -0.420. The molecule has 22 nitrogen and oxygen atoms in total. The molecule has 0 saturated heterocycles. The second-order valence-electron chi connectivity index (χ2n) is 18.4. The maximum absolute atomic E-state index is 11.6.